The van der Waals surface area contributed by atoms with Crippen molar-refractivity contribution >= 4 is 27.5 Å². The Kier molecular flexibility index (Phi) is 7.31. The number of anilines is 1. The Labute approximate surface area is 195 Å². The summed E-state index contributed by atoms with van der Waals surface area (Å²) in [5.74, 6) is 0.185. The van der Waals surface area contributed by atoms with E-state index in [1.165, 1.54) is 26.3 Å². The molecule has 1 heterocycles. The van der Waals surface area contributed by atoms with Gasteiger partial charge in [0.1, 0.15) is 5.75 Å². The lowest BCUT2D eigenvalue weighted by Gasteiger charge is -2.36. The average Bonchev–Trinajstić information content (AvgIpc) is 2.82. The van der Waals surface area contributed by atoms with Gasteiger partial charge in [-0.15, -0.1) is 0 Å². The number of sulfonamides is 1. The number of ether oxygens (including phenoxy) is 1. The number of aryl methyl sites for hydroxylation is 1. The number of benzene rings is 2. The Morgan fingerprint density at radius 1 is 1.00 bits per heavy atom. The Morgan fingerprint density at radius 2 is 1.61 bits per heavy atom. The van der Waals surface area contributed by atoms with E-state index in [-0.39, 0.29) is 22.6 Å². The molecular formula is C24H31N3O5S. The van der Waals surface area contributed by atoms with Crippen LogP contribution < -0.4 is 9.04 Å². The maximum Gasteiger partial charge on any atom is 0.264 e. The molecule has 1 aliphatic rings. The van der Waals surface area contributed by atoms with Gasteiger partial charge in [0.15, 0.2) is 0 Å². The first kappa shape index (κ1) is 24.6. The topological polar surface area (TPSA) is 87.2 Å². The lowest BCUT2D eigenvalue weighted by atomic mass is 10.1. The molecule has 2 aromatic rings. The predicted molar refractivity (Wildman–Crippen MR) is 127 cm³/mol. The number of methoxy groups -OCH3 is 1. The average molecular weight is 474 g/mol. The summed E-state index contributed by atoms with van der Waals surface area (Å²) < 4.78 is 33.1. The molecule has 0 aromatic heterocycles. The summed E-state index contributed by atoms with van der Waals surface area (Å²) in [5, 5.41) is 0. The minimum atomic E-state index is -3.93. The van der Waals surface area contributed by atoms with Gasteiger partial charge in [-0.25, -0.2) is 8.42 Å². The van der Waals surface area contributed by atoms with Gasteiger partial charge in [-0.05, 0) is 36.8 Å². The van der Waals surface area contributed by atoms with E-state index in [9.17, 15) is 18.0 Å². The summed E-state index contributed by atoms with van der Waals surface area (Å²) in [6.07, 6.45) is 0. The number of hydrogen-bond donors (Lipinski definition) is 0. The fourth-order valence-corrected chi connectivity index (χ4v) is 5.07. The fourth-order valence-electron chi connectivity index (χ4n) is 3.83. The van der Waals surface area contributed by atoms with E-state index >= 15 is 0 Å². The highest BCUT2D eigenvalue weighted by Crippen LogP contribution is 2.31. The van der Waals surface area contributed by atoms with Crippen LogP contribution in [0.1, 0.15) is 29.8 Å². The minimum Gasteiger partial charge on any atom is -0.495 e. The van der Waals surface area contributed by atoms with Crippen LogP contribution >= 0.6 is 0 Å². The molecule has 0 atom stereocenters. The highest BCUT2D eigenvalue weighted by Gasteiger charge is 2.29. The SMILES string of the molecule is COc1ccccc1N(C)S(=O)(=O)c1ccc(C)c(C(=O)N2CCN(C(=O)C(C)C)CC2)c1. The third-order valence-electron chi connectivity index (χ3n) is 5.89. The zero-order valence-corrected chi connectivity index (χ0v) is 20.6. The second-order valence-electron chi connectivity index (χ2n) is 8.39. The third kappa shape index (κ3) is 4.98. The summed E-state index contributed by atoms with van der Waals surface area (Å²) in [5.41, 5.74) is 1.44. The summed E-state index contributed by atoms with van der Waals surface area (Å²) in [7, 11) is -0.988. The maximum atomic E-state index is 13.3. The minimum absolute atomic E-state index is 0.0264. The Morgan fingerprint density at radius 3 is 2.21 bits per heavy atom. The number of piperazine rings is 1. The van der Waals surface area contributed by atoms with Gasteiger partial charge in [-0.1, -0.05) is 32.0 Å². The van der Waals surface area contributed by atoms with Crippen molar-refractivity contribution in [1.29, 1.82) is 0 Å². The van der Waals surface area contributed by atoms with Crippen molar-refractivity contribution in [3.8, 4) is 5.75 Å². The van der Waals surface area contributed by atoms with Crippen LogP contribution in [0.3, 0.4) is 0 Å². The van der Waals surface area contributed by atoms with Crippen molar-refractivity contribution in [3.05, 3.63) is 53.6 Å². The van der Waals surface area contributed by atoms with Gasteiger partial charge >= 0.3 is 0 Å². The molecule has 3 rings (SSSR count). The Balaban J connectivity index is 1.85. The number of para-hydroxylation sites is 2. The largest absolute Gasteiger partial charge is 0.495 e. The third-order valence-corrected chi connectivity index (χ3v) is 7.66. The molecule has 0 saturated carbocycles. The summed E-state index contributed by atoms with van der Waals surface area (Å²) in [6, 6.07) is 11.4. The van der Waals surface area contributed by atoms with E-state index in [1.807, 2.05) is 13.8 Å². The van der Waals surface area contributed by atoms with Gasteiger partial charge in [0.05, 0.1) is 17.7 Å². The highest BCUT2D eigenvalue weighted by molar-refractivity contribution is 7.92. The van der Waals surface area contributed by atoms with Crippen LogP contribution in [0.15, 0.2) is 47.4 Å². The molecular weight excluding hydrogens is 442 g/mol. The number of nitrogens with zero attached hydrogens (tertiary/aromatic N) is 3. The van der Waals surface area contributed by atoms with Crippen LogP contribution in [0.25, 0.3) is 0 Å². The first-order valence-electron chi connectivity index (χ1n) is 10.9. The van der Waals surface area contributed by atoms with Crippen molar-refractivity contribution in [2.45, 2.75) is 25.7 Å². The number of carbonyl (C=O) groups excluding carboxylic acids is 2. The molecule has 1 aliphatic heterocycles. The lowest BCUT2D eigenvalue weighted by molar-refractivity contribution is -0.135. The fraction of sp³-hybridized carbons (Fsp3) is 0.417. The smallest absolute Gasteiger partial charge is 0.264 e. The molecule has 0 bridgehead atoms. The van der Waals surface area contributed by atoms with Crippen molar-refractivity contribution < 1.29 is 22.7 Å². The highest BCUT2D eigenvalue weighted by atomic mass is 32.2. The molecule has 0 radical (unpaired) electrons. The van der Waals surface area contributed by atoms with Crippen LogP contribution in [0.5, 0.6) is 5.75 Å². The predicted octanol–water partition coefficient (Wildman–Crippen LogP) is 2.77. The zero-order valence-electron chi connectivity index (χ0n) is 19.7. The van der Waals surface area contributed by atoms with Gasteiger partial charge in [0.25, 0.3) is 15.9 Å². The molecule has 33 heavy (non-hydrogen) atoms. The van der Waals surface area contributed by atoms with E-state index in [4.69, 9.17) is 4.74 Å². The first-order valence-corrected chi connectivity index (χ1v) is 12.3. The van der Waals surface area contributed by atoms with E-state index in [1.54, 1.807) is 47.1 Å². The number of hydrogen-bond acceptors (Lipinski definition) is 5. The van der Waals surface area contributed by atoms with Crippen LogP contribution in [0, 0.1) is 12.8 Å². The Bertz CT molecular complexity index is 1140. The molecule has 0 N–H and O–H groups in total. The molecule has 0 spiro atoms. The van der Waals surface area contributed by atoms with Crippen LogP contribution in [-0.4, -0.2) is 70.4 Å². The van der Waals surface area contributed by atoms with Gasteiger partial charge in [-0.3, -0.25) is 13.9 Å². The summed E-state index contributed by atoms with van der Waals surface area (Å²) in [4.78, 5) is 28.9. The van der Waals surface area contributed by atoms with Crippen molar-refractivity contribution in [2.75, 3.05) is 44.6 Å². The molecule has 178 valence electrons. The van der Waals surface area contributed by atoms with E-state index < -0.39 is 10.0 Å². The molecule has 1 fully saturated rings. The summed E-state index contributed by atoms with van der Waals surface area (Å²) in [6.45, 7) is 7.26. The second kappa shape index (κ2) is 9.82. The summed E-state index contributed by atoms with van der Waals surface area (Å²) >= 11 is 0. The van der Waals surface area contributed by atoms with Gasteiger partial charge in [0, 0.05) is 44.7 Å². The molecule has 2 amide bonds. The maximum absolute atomic E-state index is 13.3. The van der Waals surface area contributed by atoms with Crippen LogP contribution in [-0.2, 0) is 14.8 Å². The lowest BCUT2D eigenvalue weighted by Crippen LogP contribution is -2.51. The van der Waals surface area contributed by atoms with E-state index in [2.05, 4.69) is 0 Å². The zero-order chi connectivity index (χ0) is 24.3. The van der Waals surface area contributed by atoms with Gasteiger partial charge in [-0.2, -0.15) is 0 Å². The van der Waals surface area contributed by atoms with Crippen molar-refractivity contribution in [1.82, 2.24) is 9.80 Å². The van der Waals surface area contributed by atoms with E-state index in [0.717, 1.165) is 4.31 Å². The number of amides is 2. The monoisotopic (exact) mass is 473 g/mol. The van der Waals surface area contributed by atoms with Crippen molar-refractivity contribution in [2.24, 2.45) is 5.92 Å². The van der Waals surface area contributed by atoms with E-state index in [0.29, 0.717) is 48.7 Å². The molecule has 8 nitrogen and oxygen atoms in total. The van der Waals surface area contributed by atoms with Gasteiger partial charge in [0.2, 0.25) is 5.91 Å². The van der Waals surface area contributed by atoms with Crippen LogP contribution in [0.4, 0.5) is 5.69 Å². The molecule has 1 saturated heterocycles. The molecule has 2 aromatic carbocycles. The standard InChI is InChI=1S/C24H31N3O5S/c1-17(2)23(28)26-12-14-27(15-13-26)24(29)20-16-19(11-10-18(20)3)33(30,31)25(4)21-8-6-7-9-22(21)32-5/h6-11,16-17H,12-15H2,1-5H3. The quantitative estimate of drug-likeness (QED) is 0.644. The van der Waals surface area contributed by atoms with Crippen LogP contribution in [0.2, 0.25) is 0 Å². The van der Waals surface area contributed by atoms with Crippen molar-refractivity contribution in [3.63, 3.8) is 0 Å². The Hall–Kier alpha value is -3.07. The normalized spacial score (nSPS) is 14.4. The number of carbonyl (C=O) groups is 2. The number of rotatable bonds is 6. The molecule has 0 unspecified atom stereocenters. The first-order chi connectivity index (χ1) is 15.6. The molecule has 0 aliphatic carbocycles. The van der Waals surface area contributed by atoms with Gasteiger partial charge < -0.3 is 14.5 Å². The molecule has 9 heteroatoms. The second-order valence-corrected chi connectivity index (χ2v) is 10.4.